The average Bonchev–Trinajstić information content (AvgIpc) is 2.58. The summed E-state index contributed by atoms with van der Waals surface area (Å²) in [6.45, 7) is 0.587. The van der Waals surface area contributed by atoms with Crippen molar-refractivity contribution in [3.63, 3.8) is 0 Å². The van der Waals surface area contributed by atoms with Gasteiger partial charge in [0, 0.05) is 0 Å². The van der Waals surface area contributed by atoms with Crippen LogP contribution in [0.1, 0.15) is 12.8 Å². The maximum Gasteiger partial charge on any atom is 0.407 e. The Morgan fingerprint density at radius 2 is 2.33 bits per heavy atom. The number of rotatable bonds is 1. The van der Waals surface area contributed by atoms with Crippen molar-refractivity contribution in [2.24, 2.45) is 5.92 Å². The molecule has 0 aromatic heterocycles. The molecule has 9 heavy (non-hydrogen) atoms. The van der Waals surface area contributed by atoms with E-state index in [1.54, 1.807) is 0 Å². The molecule has 1 aliphatic heterocycles. The number of hydrogen-bond donors (Lipinski definition) is 1. The van der Waals surface area contributed by atoms with Crippen LogP contribution in [0.2, 0.25) is 0 Å². The Kier molecular flexibility index (Phi) is 0.917. The Balaban J connectivity index is 1.92. The average molecular weight is 127 g/mol. The summed E-state index contributed by atoms with van der Waals surface area (Å²) >= 11 is 0. The molecule has 0 radical (unpaired) electrons. The minimum atomic E-state index is -0.244. The zero-order chi connectivity index (χ0) is 6.27. The van der Waals surface area contributed by atoms with Crippen LogP contribution in [0, 0.1) is 5.92 Å². The molecule has 0 bridgehead atoms. The number of carbonyl (C=O) groups excluding carboxylic acids is 1. The predicted molar refractivity (Wildman–Crippen MR) is 31.0 cm³/mol. The van der Waals surface area contributed by atoms with Crippen molar-refractivity contribution in [2.75, 3.05) is 6.61 Å². The number of hydrogen-bond acceptors (Lipinski definition) is 2. The van der Waals surface area contributed by atoms with E-state index in [0.29, 0.717) is 12.6 Å². The number of alkyl carbamates (subject to hydrolysis) is 1. The van der Waals surface area contributed by atoms with Crippen molar-refractivity contribution >= 4 is 6.09 Å². The van der Waals surface area contributed by atoms with Crippen LogP contribution in [0.25, 0.3) is 0 Å². The lowest BCUT2D eigenvalue weighted by Crippen LogP contribution is -2.27. The normalized spacial score (nSPS) is 33.8. The van der Waals surface area contributed by atoms with E-state index in [4.69, 9.17) is 4.74 Å². The van der Waals surface area contributed by atoms with Gasteiger partial charge in [0.15, 0.2) is 0 Å². The zero-order valence-electron chi connectivity index (χ0n) is 5.09. The maximum absolute atomic E-state index is 10.5. The van der Waals surface area contributed by atoms with Crippen LogP contribution in [0.3, 0.4) is 0 Å². The molecule has 50 valence electrons. The summed E-state index contributed by atoms with van der Waals surface area (Å²) in [6.07, 6.45) is 2.27. The van der Waals surface area contributed by atoms with Crippen molar-refractivity contribution in [1.82, 2.24) is 5.32 Å². The Morgan fingerprint density at radius 3 is 2.78 bits per heavy atom. The van der Waals surface area contributed by atoms with E-state index in [2.05, 4.69) is 5.32 Å². The second-order valence-corrected chi connectivity index (χ2v) is 2.69. The van der Waals surface area contributed by atoms with Gasteiger partial charge in [-0.15, -0.1) is 0 Å². The Labute approximate surface area is 53.4 Å². The van der Waals surface area contributed by atoms with Gasteiger partial charge in [0.1, 0.15) is 6.61 Å². The Hall–Kier alpha value is -0.730. The van der Waals surface area contributed by atoms with E-state index >= 15 is 0 Å². The third-order valence-electron chi connectivity index (χ3n) is 1.89. The molecule has 3 heteroatoms. The lowest BCUT2D eigenvalue weighted by atomic mass is 10.2. The second-order valence-electron chi connectivity index (χ2n) is 2.69. The van der Waals surface area contributed by atoms with E-state index in [1.165, 1.54) is 12.8 Å². The zero-order valence-corrected chi connectivity index (χ0v) is 5.09. The number of nitrogens with one attached hydrogen (secondary N) is 1. The fourth-order valence-electron chi connectivity index (χ4n) is 1.15. The van der Waals surface area contributed by atoms with E-state index in [9.17, 15) is 4.79 Å². The molecule has 1 saturated heterocycles. The Bertz CT molecular complexity index is 142. The van der Waals surface area contributed by atoms with Crippen LogP contribution in [0.4, 0.5) is 4.79 Å². The molecule has 0 aromatic rings. The van der Waals surface area contributed by atoms with Crippen molar-refractivity contribution in [1.29, 1.82) is 0 Å². The van der Waals surface area contributed by atoms with Crippen LogP contribution in [0.5, 0.6) is 0 Å². The molecule has 1 N–H and O–H groups in total. The van der Waals surface area contributed by atoms with Gasteiger partial charge in [-0.1, -0.05) is 0 Å². The van der Waals surface area contributed by atoms with E-state index in [0.717, 1.165) is 5.92 Å². The van der Waals surface area contributed by atoms with E-state index < -0.39 is 0 Å². The summed E-state index contributed by atoms with van der Waals surface area (Å²) in [4.78, 5) is 10.5. The topological polar surface area (TPSA) is 38.3 Å². The van der Waals surface area contributed by atoms with Gasteiger partial charge in [0.2, 0.25) is 0 Å². The molecule has 0 aromatic carbocycles. The molecule has 3 nitrogen and oxygen atoms in total. The first-order valence-corrected chi connectivity index (χ1v) is 3.29. The lowest BCUT2D eigenvalue weighted by Gasteiger charge is -2.00. The molecule has 0 spiro atoms. The van der Waals surface area contributed by atoms with Crippen LogP contribution in [-0.2, 0) is 4.74 Å². The third-order valence-corrected chi connectivity index (χ3v) is 1.89. The fraction of sp³-hybridized carbons (Fsp3) is 0.833. The van der Waals surface area contributed by atoms with Gasteiger partial charge in [0.05, 0.1) is 6.04 Å². The highest BCUT2D eigenvalue weighted by molar-refractivity contribution is 5.69. The predicted octanol–water partition coefficient (Wildman–Crippen LogP) is 0.505. The van der Waals surface area contributed by atoms with Crippen molar-refractivity contribution in [3.8, 4) is 0 Å². The van der Waals surface area contributed by atoms with Gasteiger partial charge in [0.25, 0.3) is 0 Å². The molecule has 2 aliphatic rings. The number of carbonyl (C=O) groups is 1. The molecule has 1 amide bonds. The summed E-state index contributed by atoms with van der Waals surface area (Å²) in [6, 6.07) is 0.331. The summed E-state index contributed by atoms with van der Waals surface area (Å²) in [5.74, 6) is 0.719. The number of ether oxygens (including phenoxy) is 1. The highest BCUT2D eigenvalue weighted by Crippen LogP contribution is 2.33. The van der Waals surface area contributed by atoms with Crippen molar-refractivity contribution < 1.29 is 9.53 Å². The van der Waals surface area contributed by atoms with Gasteiger partial charge in [-0.3, -0.25) is 0 Å². The first-order valence-electron chi connectivity index (χ1n) is 3.29. The van der Waals surface area contributed by atoms with Crippen molar-refractivity contribution in [2.45, 2.75) is 18.9 Å². The smallest absolute Gasteiger partial charge is 0.407 e. The van der Waals surface area contributed by atoms with E-state index in [1.807, 2.05) is 0 Å². The maximum atomic E-state index is 10.5. The monoisotopic (exact) mass is 127 g/mol. The molecule has 1 heterocycles. The highest BCUT2D eigenvalue weighted by atomic mass is 16.6. The second kappa shape index (κ2) is 1.62. The van der Waals surface area contributed by atoms with Gasteiger partial charge in [-0.2, -0.15) is 0 Å². The SMILES string of the molecule is O=C1N[C@@H](C2CC2)CO1. The molecular formula is C6H9NO2. The third kappa shape index (κ3) is 0.866. The van der Waals surface area contributed by atoms with Crippen LogP contribution in [0.15, 0.2) is 0 Å². The highest BCUT2D eigenvalue weighted by Gasteiger charge is 2.36. The molecule has 2 fully saturated rings. The fourth-order valence-corrected chi connectivity index (χ4v) is 1.15. The van der Waals surface area contributed by atoms with Crippen LogP contribution >= 0.6 is 0 Å². The summed E-state index contributed by atoms with van der Waals surface area (Å²) in [5.41, 5.74) is 0. The van der Waals surface area contributed by atoms with Crippen LogP contribution in [-0.4, -0.2) is 18.7 Å². The summed E-state index contributed by atoms with van der Waals surface area (Å²) < 4.78 is 4.72. The van der Waals surface area contributed by atoms with Crippen molar-refractivity contribution in [3.05, 3.63) is 0 Å². The molecule has 1 atom stereocenters. The minimum absolute atomic E-state index is 0.244. The van der Waals surface area contributed by atoms with E-state index in [-0.39, 0.29) is 6.09 Å². The summed E-state index contributed by atoms with van der Waals surface area (Å²) in [7, 11) is 0. The van der Waals surface area contributed by atoms with Gasteiger partial charge >= 0.3 is 6.09 Å². The quantitative estimate of drug-likeness (QED) is 0.557. The molecule has 1 saturated carbocycles. The number of cyclic esters (lactones) is 1. The minimum Gasteiger partial charge on any atom is -0.447 e. The molecule has 1 aliphatic carbocycles. The Morgan fingerprint density at radius 1 is 1.56 bits per heavy atom. The first-order chi connectivity index (χ1) is 4.36. The lowest BCUT2D eigenvalue weighted by molar-refractivity contribution is 0.176. The molecule has 2 rings (SSSR count). The van der Waals surface area contributed by atoms with Gasteiger partial charge < -0.3 is 10.1 Å². The largest absolute Gasteiger partial charge is 0.447 e. The number of amides is 1. The van der Waals surface area contributed by atoms with Crippen LogP contribution < -0.4 is 5.32 Å². The molecule has 0 unspecified atom stereocenters. The first kappa shape index (κ1) is 5.09. The standard InChI is InChI=1S/C6H9NO2/c8-6-7-5(3-9-6)4-1-2-4/h4-5H,1-3H2,(H,7,8)/t5-/m1/s1. The van der Waals surface area contributed by atoms with Gasteiger partial charge in [-0.05, 0) is 18.8 Å². The summed E-state index contributed by atoms with van der Waals surface area (Å²) in [5, 5.41) is 2.75. The molecular weight excluding hydrogens is 118 g/mol. The van der Waals surface area contributed by atoms with Gasteiger partial charge in [-0.25, -0.2) is 4.79 Å².